The van der Waals surface area contributed by atoms with Gasteiger partial charge in [-0.2, -0.15) is 0 Å². The van der Waals surface area contributed by atoms with Crippen LogP contribution in [0.5, 0.6) is 5.75 Å². The molecule has 0 unspecified atom stereocenters. The average molecular weight is 304 g/mol. The van der Waals surface area contributed by atoms with E-state index in [9.17, 15) is 13.2 Å². The van der Waals surface area contributed by atoms with Crippen molar-refractivity contribution in [2.24, 2.45) is 0 Å². The number of carbonyl (C=O) groups excluding carboxylic acids is 1. The van der Waals surface area contributed by atoms with Gasteiger partial charge in [-0.1, -0.05) is 29.8 Å². The Morgan fingerprint density at radius 3 is 2.48 bits per heavy atom. The van der Waals surface area contributed by atoms with Crippen LogP contribution in [0.2, 0.25) is 0 Å². The SMILES string of the molecule is COc1cccc(S(=O)(=O)CC(=O)c2cccc(C)c2)c1. The van der Waals surface area contributed by atoms with E-state index < -0.39 is 21.4 Å². The summed E-state index contributed by atoms with van der Waals surface area (Å²) in [6.07, 6.45) is 0. The number of Topliss-reactive ketones (excluding diaryl/α,β-unsaturated/α-hetero) is 1. The zero-order valence-corrected chi connectivity index (χ0v) is 12.7. The lowest BCUT2D eigenvalue weighted by molar-refractivity contribution is 0.102. The number of carbonyl (C=O) groups is 1. The summed E-state index contributed by atoms with van der Waals surface area (Å²) >= 11 is 0. The summed E-state index contributed by atoms with van der Waals surface area (Å²) in [6, 6.07) is 13.0. The summed E-state index contributed by atoms with van der Waals surface area (Å²) in [6.45, 7) is 1.85. The van der Waals surface area contributed by atoms with Crippen LogP contribution in [0, 0.1) is 6.92 Å². The summed E-state index contributed by atoms with van der Waals surface area (Å²) in [5.74, 6) is -0.524. The zero-order valence-electron chi connectivity index (χ0n) is 11.9. The van der Waals surface area contributed by atoms with Crippen molar-refractivity contribution in [1.82, 2.24) is 0 Å². The van der Waals surface area contributed by atoms with Crippen LogP contribution in [0.3, 0.4) is 0 Å². The molecule has 0 aliphatic heterocycles. The van der Waals surface area contributed by atoms with Crippen molar-refractivity contribution in [2.45, 2.75) is 11.8 Å². The van der Waals surface area contributed by atoms with Gasteiger partial charge in [0.25, 0.3) is 0 Å². The molecule has 0 fully saturated rings. The second-order valence-electron chi connectivity index (χ2n) is 4.73. The Kier molecular flexibility index (Phi) is 4.43. The molecule has 0 N–H and O–H groups in total. The first-order valence-electron chi connectivity index (χ1n) is 6.39. The van der Waals surface area contributed by atoms with Crippen molar-refractivity contribution >= 4 is 15.6 Å². The van der Waals surface area contributed by atoms with Gasteiger partial charge in [0.05, 0.1) is 12.0 Å². The molecule has 0 amide bonds. The lowest BCUT2D eigenvalue weighted by Crippen LogP contribution is -2.16. The molecule has 21 heavy (non-hydrogen) atoms. The number of benzene rings is 2. The number of aryl methyl sites for hydroxylation is 1. The van der Waals surface area contributed by atoms with Gasteiger partial charge >= 0.3 is 0 Å². The summed E-state index contributed by atoms with van der Waals surface area (Å²) < 4.78 is 29.6. The second kappa shape index (κ2) is 6.10. The molecule has 0 radical (unpaired) electrons. The van der Waals surface area contributed by atoms with Crippen molar-refractivity contribution in [3.8, 4) is 5.75 Å². The molecular weight excluding hydrogens is 288 g/mol. The summed E-state index contributed by atoms with van der Waals surface area (Å²) in [5.41, 5.74) is 1.32. The first-order valence-corrected chi connectivity index (χ1v) is 8.04. The Balaban J connectivity index is 2.26. The monoisotopic (exact) mass is 304 g/mol. The van der Waals surface area contributed by atoms with Crippen molar-refractivity contribution in [2.75, 3.05) is 12.9 Å². The van der Waals surface area contributed by atoms with Gasteiger partial charge in [-0.15, -0.1) is 0 Å². The third-order valence-electron chi connectivity index (χ3n) is 3.06. The highest BCUT2D eigenvalue weighted by Crippen LogP contribution is 2.19. The predicted molar refractivity (Wildman–Crippen MR) is 80.6 cm³/mol. The van der Waals surface area contributed by atoms with Crippen molar-refractivity contribution in [3.63, 3.8) is 0 Å². The van der Waals surface area contributed by atoms with Gasteiger partial charge in [0.2, 0.25) is 0 Å². The highest BCUT2D eigenvalue weighted by atomic mass is 32.2. The van der Waals surface area contributed by atoms with Gasteiger partial charge in [0.15, 0.2) is 15.6 Å². The number of hydrogen-bond donors (Lipinski definition) is 0. The molecule has 4 nitrogen and oxygen atoms in total. The fourth-order valence-electron chi connectivity index (χ4n) is 1.95. The van der Waals surface area contributed by atoms with E-state index in [4.69, 9.17) is 4.74 Å². The molecule has 0 bridgehead atoms. The molecule has 0 atom stereocenters. The molecule has 5 heteroatoms. The molecule has 0 aromatic heterocycles. The number of rotatable bonds is 5. The Labute approximate surface area is 124 Å². The van der Waals surface area contributed by atoms with E-state index in [1.54, 1.807) is 30.3 Å². The van der Waals surface area contributed by atoms with Gasteiger partial charge in [-0.25, -0.2) is 8.42 Å². The average Bonchev–Trinajstić information content (AvgIpc) is 2.47. The third-order valence-corrected chi connectivity index (χ3v) is 4.68. The first-order chi connectivity index (χ1) is 9.92. The van der Waals surface area contributed by atoms with Gasteiger partial charge in [-0.3, -0.25) is 4.79 Å². The fraction of sp³-hybridized carbons (Fsp3) is 0.188. The lowest BCUT2D eigenvalue weighted by Gasteiger charge is -2.06. The van der Waals surface area contributed by atoms with E-state index >= 15 is 0 Å². The molecule has 0 saturated heterocycles. The summed E-state index contributed by atoms with van der Waals surface area (Å²) in [7, 11) is -2.22. The van der Waals surface area contributed by atoms with Crippen molar-refractivity contribution < 1.29 is 17.9 Å². The Morgan fingerprint density at radius 2 is 1.81 bits per heavy atom. The summed E-state index contributed by atoms with van der Waals surface area (Å²) in [4.78, 5) is 12.2. The van der Waals surface area contributed by atoms with Crippen LogP contribution >= 0.6 is 0 Å². The highest BCUT2D eigenvalue weighted by Gasteiger charge is 2.20. The molecule has 0 aliphatic carbocycles. The number of ether oxygens (including phenoxy) is 1. The molecule has 2 aromatic rings. The van der Waals surface area contributed by atoms with Crippen LogP contribution in [0.15, 0.2) is 53.4 Å². The quantitative estimate of drug-likeness (QED) is 0.797. The minimum Gasteiger partial charge on any atom is -0.497 e. The zero-order chi connectivity index (χ0) is 15.5. The number of sulfone groups is 1. The van der Waals surface area contributed by atoms with E-state index in [-0.39, 0.29) is 4.90 Å². The van der Waals surface area contributed by atoms with Crippen LogP contribution in [0.1, 0.15) is 15.9 Å². The molecule has 0 heterocycles. The van der Waals surface area contributed by atoms with Crippen LogP contribution in [0.25, 0.3) is 0 Å². The smallest absolute Gasteiger partial charge is 0.185 e. The second-order valence-corrected chi connectivity index (χ2v) is 6.72. The fourth-order valence-corrected chi connectivity index (χ4v) is 3.21. The van der Waals surface area contributed by atoms with E-state index in [1.165, 1.54) is 19.2 Å². The van der Waals surface area contributed by atoms with E-state index in [2.05, 4.69) is 0 Å². The summed E-state index contributed by atoms with van der Waals surface area (Å²) in [5, 5.41) is 0. The van der Waals surface area contributed by atoms with Gasteiger partial charge in [-0.05, 0) is 31.2 Å². The highest BCUT2D eigenvalue weighted by molar-refractivity contribution is 7.92. The normalized spacial score (nSPS) is 11.1. The van der Waals surface area contributed by atoms with E-state index in [0.717, 1.165) is 5.56 Å². The molecule has 0 spiro atoms. The minimum atomic E-state index is -3.68. The van der Waals surface area contributed by atoms with Crippen LogP contribution in [0.4, 0.5) is 0 Å². The lowest BCUT2D eigenvalue weighted by atomic mass is 10.1. The molecule has 110 valence electrons. The van der Waals surface area contributed by atoms with Crippen LogP contribution in [-0.2, 0) is 9.84 Å². The van der Waals surface area contributed by atoms with Crippen molar-refractivity contribution in [1.29, 1.82) is 0 Å². The maximum atomic E-state index is 12.3. The number of hydrogen-bond acceptors (Lipinski definition) is 4. The Bertz CT molecular complexity index is 763. The standard InChI is InChI=1S/C16H16O4S/c1-12-5-3-6-13(9-12)16(17)11-21(18,19)15-8-4-7-14(10-15)20-2/h3-10H,11H2,1-2H3. The Morgan fingerprint density at radius 1 is 1.10 bits per heavy atom. The van der Waals surface area contributed by atoms with Crippen LogP contribution in [-0.4, -0.2) is 27.1 Å². The maximum absolute atomic E-state index is 12.3. The molecule has 0 aliphatic rings. The van der Waals surface area contributed by atoms with Gasteiger partial charge in [0, 0.05) is 5.56 Å². The van der Waals surface area contributed by atoms with Crippen molar-refractivity contribution in [3.05, 3.63) is 59.7 Å². The number of methoxy groups -OCH3 is 1. The molecule has 2 aromatic carbocycles. The molecule has 2 rings (SSSR count). The molecular formula is C16H16O4S. The third kappa shape index (κ3) is 3.70. The van der Waals surface area contributed by atoms with Crippen LogP contribution < -0.4 is 4.74 Å². The van der Waals surface area contributed by atoms with E-state index in [0.29, 0.717) is 11.3 Å². The Hall–Kier alpha value is -2.14. The largest absolute Gasteiger partial charge is 0.497 e. The van der Waals surface area contributed by atoms with Gasteiger partial charge < -0.3 is 4.74 Å². The van der Waals surface area contributed by atoms with Gasteiger partial charge in [0.1, 0.15) is 11.5 Å². The van der Waals surface area contributed by atoms with E-state index in [1.807, 2.05) is 13.0 Å². The topological polar surface area (TPSA) is 60.4 Å². The predicted octanol–water partition coefficient (Wildman–Crippen LogP) is 2.66. The minimum absolute atomic E-state index is 0.0860. The molecule has 0 saturated carbocycles. The first kappa shape index (κ1) is 15.3. The maximum Gasteiger partial charge on any atom is 0.185 e. The number of ketones is 1.